The summed E-state index contributed by atoms with van der Waals surface area (Å²) in [5.41, 5.74) is 7.46. The van der Waals surface area contributed by atoms with Gasteiger partial charge in [0.15, 0.2) is 0 Å². The van der Waals surface area contributed by atoms with Gasteiger partial charge in [-0.3, -0.25) is 14.5 Å². The van der Waals surface area contributed by atoms with Gasteiger partial charge in [0.2, 0.25) is 5.95 Å². The molecule has 0 saturated heterocycles. The number of pyridine rings is 2. The first-order valence-electron chi connectivity index (χ1n) is 13.0. The summed E-state index contributed by atoms with van der Waals surface area (Å²) in [4.78, 5) is 18.5. The average molecular weight is 516 g/mol. The van der Waals surface area contributed by atoms with Crippen LogP contribution in [0.4, 0.5) is 0 Å². The minimum atomic E-state index is 0.585. The smallest absolute Gasteiger partial charge is 0.235 e. The Morgan fingerprint density at radius 2 is 1.20 bits per heavy atom. The molecule has 6 nitrogen and oxygen atoms in total. The molecule has 0 aliphatic rings. The molecule has 0 radical (unpaired) electrons. The Labute approximate surface area is 229 Å². The normalized spacial score (nSPS) is 11.5. The SMILES string of the molecule is c1ccc(-c2cc3ccc4c(c5ccccc5n4-c4nc(-c5ccncc5)cc(-c5ccncc5)n4)c3o2)cc1. The molecule has 0 unspecified atom stereocenters. The minimum Gasteiger partial charge on any atom is -0.455 e. The number of hydrogen-bond donors (Lipinski definition) is 0. The van der Waals surface area contributed by atoms with Crippen molar-refractivity contribution in [1.82, 2.24) is 24.5 Å². The number of para-hydroxylation sites is 1. The summed E-state index contributed by atoms with van der Waals surface area (Å²) in [7, 11) is 0. The van der Waals surface area contributed by atoms with Crippen molar-refractivity contribution >= 4 is 32.8 Å². The number of nitrogens with zero attached hydrogens (tertiary/aromatic N) is 5. The van der Waals surface area contributed by atoms with Crippen molar-refractivity contribution in [2.45, 2.75) is 0 Å². The second kappa shape index (κ2) is 8.99. The highest BCUT2D eigenvalue weighted by Gasteiger charge is 2.20. The predicted octanol–water partition coefficient (Wildman–Crippen LogP) is 8.11. The number of furan rings is 1. The molecule has 8 aromatic rings. The molecule has 0 saturated carbocycles. The van der Waals surface area contributed by atoms with Gasteiger partial charge in [0.1, 0.15) is 11.3 Å². The molecule has 0 spiro atoms. The summed E-state index contributed by atoms with van der Waals surface area (Å²) >= 11 is 0. The number of hydrogen-bond acceptors (Lipinski definition) is 5. The van der Waals surface area contributed by atoms with E-state index in [1.54, 1.807) is 24.8 Å². The van der Waals surface area contributed by atoms with Crippen molar-refractivity contribution in [3.8, 4) is 39.8 Å². The van der Waals surface area contributed by atoms with Crippen LogP contribution < -0.4 is 0 Å². The van der Waals surface area contributed by atoms with Gasteiger partial charge in [-0.25, -0.2) is 9.97 Å². The highest BCUT2D eigenvalue weighted by Crippen LogP contribution is 2.39. The van der Waals surface area contributed by atoms with Gasteiger partial charge in [-0.15, -0.1) is 0 Å². The van der Waals surface area contributed by atoms with Gasteiger partial charge in [-0.1, -0.05) is 48.5 Å². The van der Waals surface area contributed by atoms with E-state index in [0.29, 0.717) is 5.95 Å². The van der Waals surface area contributed by atoms with E-state index in [9.17, 15) is 0 Å². The maximum absolute atomic E-state index is 6.54. The van der Waals surface area contributed by atoms with E-state index < -0.39 is 0 Å². The lowest BCUT2D eigenvalue weighted by Gasteiger charge is -2.11. The number of rotatable bonds is 4. The van der Waals surface area contributed by atoms with Crippen LogP contribution in [0.25, 0.3) is 72.6 Å². The van der Waals surface area contributed by atoms with Crippen LogP contribution in [0.5, 0.6) is 0 Å². The number of aromatic nitrogens is 5. The van der Waals surface area contributed by atoms with Crippen LogP contribution in [-0.2, 0) is 0 Å². The Morgan fingerprint density at radius 3 is 1.90 bits per heavy atom. The molecular weight excluding hydrogens is 494 g/mol. The third kappa shape index (κ3) is 3.58. The molecule has 0 fully saturated rings. The van der Waals surface area contributed by atoms with E-state index in [1.807, 2.05) is 54.6 Å². The van der Waals surface area contributed by atoms with Gasteiger partial charge >= 0.3 is 0 Å². The number of fused-ring (bicyclic) bond motifs is 5. The van der Waals surface area contributed by atoms with E-state index >= 15 is 0 Å². The summed E-state index contributed by atoms with van der Waals surface area (Å²) in [5, 5.41) is 3.18. The third-order valence-corrected chi connectivity index (χ3v) is 7.24. The fourth-order valence-electron chi connectivity index (χ4n) is 5.38. The first-order valence-corrected chi connectivity index (χ1v) is 13.0. The van der Waals surface area contributed by atoms with Crippen LogP contribution in [0.1, 0.15) is 0 Å². The van der Waals surface area contributed by atoms with Gasteiger partial charge in [0.25, 0.3) is 0 Å². The maximum atomic E-state index is 6.54. The molecule has 40 heavy (non-hydrogen) atoms. The van der Waals surface area contributed by atoms with Gasteiger partial charge in [-0.05, 0) is 54.6 Å². The maximum Gasteiger partial charge on any atom is 0.235 e. The zero-order valence-corrected chi connectivity index (χ0v) is 21.3. The van der Waals surface area contributed by atoms with Crippen molar-refractivity contribution in [3.05, 3.63) is 128 Å². The Bertz CT molecular complexity index is 2090. The van der Waals surface area contributed by atoms with Crippen molar-refractivity contribution in [3.63, 3.8) is 0 Å². The Morgan fingerprint density at radius 1 is 0.550 bits per heavy atom. The minimum absolute atomic E-state index is 0.585. The zero-order valence-electron chi connectivity index (χ0n) is 21.3. The van der Waals surface area contributed by atoms with E-state index in [0.717, 1.165) is 66.6 Å². The molecule has 0 atom stereocenters. The fraction of sp³-hybridized carbons (Fsp3) is 0. The Kier molecular flexibility index (Phi) is 5.03. The monoisotopic (exact) mass is 515 g/mol. The standard InChI is InChI=1S/C34H21N5O/c1-2-6-24(7-3-1)31-20-25-10-11-30-32(33(25)40-31)26-8-4-5-9-29(26)39(30)34-37-27(22-12-16-35-17-13-22)21-28(38-34)23-14-18-36-19-15-23/h1-21H. The lowest BCUT2D eigenvalue weighted by molar-refractivity contribution is 0.635. The average Bonchev–Trinajstić information content (AvgIpc) is 3.62. The highest BCUT2D eigenvalue weighted by molar-refractivity contribution is 6.19. The molecule has 3 aromatic carbocycles. The van der Waals surface area contributed by atoms with Gasteiger partial charge < -0.3 is 4.42 Å². The van der Waals surface area contributed by atoms with Crippen molar-refractivity contribution in [1.29, 1.82) is 0 Å². The molecule has 0 bridgehead atoms. The van der Waals surface area contributed by atoms with Crippen LogP contribution in [0, 0.1) is 0 Å². The summed E-state index contributed by atoms with van der Waals surface area (Å²) < 4.78 is 8.67. The lowest BCUT2D eigenvalue weighted by atomic mass is 10.1. The second-order valence-corrected chi connectivity index (χ2v) is 9.62. The largest absolute Gasteiger partial charge is 0.455 e. The second-order valence-electron chi connectivity index (χ2n) is 9.62. The molecule has 5 heterocycles. The van der Waals surface area contributed by atoms with Crippen molar-refractivity contribution in [2.75, 3.05) is 0 Å². The van der Waals surface area contributed by atoms with Gasteiger partial charge in [0.05, 0.1) is 27.8 Å². The Balaban J connectivity index is 1.43. The fourth-order valence-corrected chi connectivity index (χ4v) is 5.38. The van der Waals surface area contributed by atoms with E-state index in [4.69, 9.17) is 14.4 Å². The summed E-state index contributed by atoms with van der Waals surface area (Å²) in [6.07, 6.45) is 7.12. The molecule has 0 N–H and O–H groups in total. The number of benzene rings is 3. The zero-order chi connectivity index (χ0) is 26.5. The Hall–Kier alpha value is -5.62. The molecule has 0 aliphatic carbocycles. The highest BCUT2D eigenvalue weighted by atomic mass is 16.3. The van der Waals surface area contributed by atoms with Crippen LogP contribution >= 0.6 is 0 Å². The molecule has 0 aliphatic heterocycles. The molecule has 8 rings (SSSR count). The van der Waals surface area contributed by atoms with Crippen molar-refractivity contribution in [2.24, 2.45) is 0 Å². The van der Waals surface area contributed by atoms with Crippen LogP contribution in [0.15, 0.2) is 132 Å². The topological polar surface area (TPSA) is 69.6 Å². The molecule has 6 heteroatoms. The third-order valence-electron chi connectivity index (χ3n) is 7.24. The van der Waals surface area contributed by atoms with Crippen LogP contribution in [-0.4, -0.2) is 24.5 Å². The van der Waals surface area contributed by atoms with E-state index in [2.05, 4.69) is 63.1 Å². The van der Waals surface area contributed by atoms with Gasteiger partial charge in [0, 0.05) is 52.3 Å². The summed E-state index contributed by atoms with van der Waals surface area (Å²) in [6, 6.07) is 34.8. The predicted molar refractivity (Wildman–Crippen MR) is 158 cm³/mol. The van der Waals surface area contributed by atoms with E-state index in [-0.39, 0.29) is 0 Å². The van der Waals surface area contributed by atoms with Gasteiger partial charge in [-0.2, -0.15) is 0 Å². The summed E-state index contributed by atoms with van der Waals surface area (Å²) in [6.45, 7) is 0. The molecule has 188 valence electrons. The first kappa shape index (κ1) is 22.4. The first-order chi connectivity index (χ1) is 19.8. The quantitative estimate of drug-likeness (QED) is 0.237. The van der Waals surface area contributed by atoms with Crippen LogP contribution in [0.2, 0.25) is 0 Å². The molecular formula is C34H21N5O. The molecule has 5 aromatic heterocycles. The summed E-state index contributed by atoms with van der Waals surface area (Å²) in [5.74, 6) is 1.43. The van der Waals surface area contributed by atoms with Crippen LogP contribution in [0.3, 0.4) is 0 Å². The van der Waals surface area contributed by atoms with E-state index in [1.165, 1.54) is 0 Å². The molecule has 0 amide bonds. The van der Waals surface area contributed by atoms with Crippen molar-refractivity contribution < 1.29 is 4.42 Å². The lowest BCUT2D eigenvalue weighted by Crippen LogP contribution is -2.04.